The maximum absolute atomic E-state index is 13.4. The minimum Gasteiger partial charge on any atom is -0.487 e. The maximum atomic E-state index is 13.4. The summed E-state index contributed by atoms with van der Waals surface area (Å²) < 4.78 is 32.1. The second kappa shape index (κ2) is 8.90. The van der Waals surface area contributed by atoms with Gasteiger partial charge in [-0.25, -0.2) is 13.4 Å². The summed E-state index contributed by atoms with van der Waals surface area (Å²) in [7, 11) is -3.33. The Morgan fingerprint density at radius 2 is 1.82 bits per heavy atom. The van der Waals surface area contributed by atoms with E-state index in [0.29, 0.717) is 52.9 Å². The number of fused-ring (bicyclic) bond motifs is 5. The molecule has 204 valence electrons. The molecule has 7 rings (SSSR count). The van der Waals surface area contributed by atoms with Gasteiger partial charge >= 0.3 is 0 Å². The van der Waals surface area contributed by atoms with Crippen LogP contribution in [-0.2, 0) is 16.4 Å². The number of rotatable bonds is 2. The lowest BCUT2D eigenvalue weighted by atomic mass is 10.0. The van der Waals surface area contributed by atoms with Crippen molar-refractivity contribution in [1.82, 2.24) is 24.6 Å². The fraction of sp³-hybridized carbons (Fsp3) is 0.276. The summed E-state index contributed by atoms with van der Waals surface area (Å²) in [4.78, 5) is 36.9. The first kappa shape index (κ1) is 24.8. The van der Waals surface area contributed by atoms with E-state index in [0.717, 1.165) is 17.5 Å². The van der Waals surface area contributed by atoms with Gasteiger partial charge in [-0.2, -0.15) is 0 Å². The number of nitrogens with one attached hydrogen (secondary N) is 2. The molecule has 3 aromatic carbocycles. The van der Waals surface area contributed by atoms with Gasteiger partial charge in [-0.15, -0.1) is 0 Å². The highest BCUT2D eigenvalue weighted by atomic mass is 32.2. The Morgan fingerprint density at radius 3 is 2.60 bits per heavy atom. The fourth-order valence-corrected chi connectivity index (χ4v) is 6.51. The van der Waals surface area contributed by atoms with Crippen LogP contribution in [0.5, 0.6) is 5.75 Å². The number of aromatic amines is 2. The Bertz CT molecular complexity index is 2040. The zero-order valence-electron chi connectivity index (χ0n) is 22.0. The van der Waals surface area contributed by atoms with Crippen molar-refractivity contribution in [2.45, 2.75) is 36.9 Å². The molecule has 2 N–H and O–H groups in total. The van der Waals surface area contributed by atoms with E-state index in [1.807, 2.05) is 12.1 Å². The zero-order valence-corrected chi connectivity index (χ0v) is 22.8. The van der Waals surface area contributed by atoms with Crippen molar-refractivity contribution in [3.63, 3.8) is 0 Å². The second-order valence-electron chi connectivity index (χ2n) is 10.7. The third kappa shape index (κ3) is 4.04. The number of hydrogen-bond acceptors (Lipinski definition) is 7. The maximum Gasteiger partial charge on any atom is 0.275 e. The predicted octanol–water partition coefficient (Wildman–Crippen LogP) is 3.16. The van der Waals surface area contributed by atoms with Gasteiger partial charge in [-0.3, -0.25) is 24.3 Å². The molecule has 1 saturated heterocycles. The highest BCUT2D eigenvalue weighted by molar-refractivity contribution is 7.90. The molecular formula is C29H27N5O5S. The molecule has 2 aliphatic rings. The zero-order chi connectivity index (χ0) is 27.8. The van der Waals surface area contributed by atoms with E-state index in [2.05, 4.69) is 21.9 Å². The third-order valence-electron chi connectivity index (χ3n) is 7.99. The first-order chi connectivity index (χ1) is 19.2. The summed E-state index contributed by atoms with van der Waals surface area (Å²) in [5.41, 5.74) is 3.34. The average Bonchev–Trinajstić information content (AvgIpc) is 3.44. The van der Waals surface area contributed by atoms with Crippen LogP contribution in [0.15, 0.2) is 69.1 Å². The van der Waals surface area contributed by atoms with Gasteiger partial charge in [0.15, 0.2) is 9.84 Å². The quantitative estimate of drug-likeness (QED) is 0.341. The van der Waals surface area contributed by atoms with Crippen LogP contribution >= 0.6 is 0 Å². The van der Waals surface area contributed by atoms with Crippen molar-refractivity contribution in [2.75, 3.05) is 19.3 Å². The predicted molar refractivity (Wildman–Crippen MR) is 153 cm³/mol. The van der Waals surface area contributed by atoms with Gasteiger partial charge in [0.2, 0.25) is 0 Å². The van der Waals surface area contributed by atoms with Crippen LogP contribution in [0.3, 0.4) is 0 Å². The number of hydrogen-bond donors (Lipinski definition) is 2. The van der Waals surface area contributed by atoms with Gasteiger partial charge < -0.3 is 9.72 Å². The Kier molecular flexibility index (Phi) is 5.52. The van der Waals surface area contributed by atoms with Gasteiger partial charge in [0, 0.05) is 37.4 Å². The molecule has 40 heavy (non-hydrogen) atoms. The SMILES string of the molecule is C[C@@H]1CC2CN1CCn1[nH]c3c(cccc3c1=O)-c1nc3c(cc(-c4ccc(S(C)(=O)=O)cc4)cc3[nH]c1=O)O2. The Balaban J connectivity index is 1.47. The molecule has 0 radical (unpaired) electrons. The molecule has 3 atom stereocenters. The molecule has 6 bridgehead atoms. The van der Waals surface area contributed by atoms with Crippen molar-refractivity contribution < 1.29 is 13.2 Å². The molecule has 5 aromatic rings. The average molecular weight is 558 g/mol. The lowest BCUT2D eigenvalue weighted by Crippen LogP contribution is -2.33. The summed E-state index contributed by atoms with van der Waals surface area (Å²) in [6.45, 7) is 4.00. The summed E-state index contributed by atoms with van der Waals surface area (Å²) in [5.74, 6) is 0.534. The standard InChI is InChI=1S/C29H27N5O5S/c1-16-12-19-15-33(16)10-11-34-29(36)22-5-3-4-21(25(22)32-34)26-28(35)30-23-13-18(14-24(39-19)27(23)31-26)17-6-8-20(9-7-17)40(2,37)38/h3-9,13-14,16,19,32H,10-12,15H2,1-2H3,(H,30,35)/t16-,19?/m1/s1. The van der Waals surface area contributed by atoms with Crippen LogP contribution in [0.2, 0.25) is 0 Å². The van der Waals surface area contributed by atoms with Crippen molar-refractivity contribution >= 4 is 31.8 Å². The molecular weight excluding hydrogens is 530 g/mol. The van der Waals surface area contributed by atoms with Crippen molar-refractivity contribution in [3.05, 3.63) is 75.3 Å². The topological polar surface area (TPSA) is 130 Å². The lowest BCUT2D eigenvalue weighted by Gasteiger charge is -2.21. The first-order valence-corrected chi connectivity index (χ1v) is 15.1. The van der Waals surface area contributed by atoms with E-state index >= 15 is 0 Å². The second-order valence-corrected chi connectivity index (χ2v) is 12.7. The van der Waals surface area contributed by atoms with Crippen LogP contribution in [-0.4, -0.2) is 64.6 Å². The molecule has 11 heteroatoms. The van der Waals surface area contributed by atoms with Crippen molar-refractivity contribution in [3.8, 4) is 28.1 Å². The summed E-state index contributed by atoms with van der Waals surface area (Å²) >= 11 is 0. The van der Waals surface area contributed by atoms with Crippen LogP contribution in [0.4, 0.5) is 0 Å². The van der Waals surface area contributed by atoms with Crippen molar-refractivity contribution in [2.24, 2.45) is 0 Å². The van der Waals surface area contributed by atoms with Gasteiger partial charge in [0.05, 0.1) is 27.9 Å². The van der Waals surface area contributed by atoms with Crippen LogP contribution < -0.4 is 15.9 Å². The summed E-state index contributed by atoms with van der Waals surface area (Å²) in [5, 5.41) is 3.73. The smallest absolute Gasteiger partial charge is 0.275 e. The molecule has 1 fully saturated rings. The molecule has 2 aromatic heterocycles. The van der Waals surface area contributed by atoms with E-state index in [9.17, 15) is 18.0 Å². The highest BCUT2D eigenvalue weighted by Gasteiger charge is 2.31. The number of sulfone groups is 1. The number of para-hydroxylation sites is 1. The normalized spacial score (nSPS) is 20.7. The molecule has 10 nitrogen and oxygen atoms in total. The van der Waals surface area contributed by atoms with E-state index in [-0.39, 0.29) is 28.3 Å². The Labute approximate surface area is 229 Å². The number of nitrogens with zero attached hydrogens (tertiary/aromatic N) is 3. The first-order valence-electron chi connectivity index (χ1n) is 13.2. The van der Waals surface area contributed by atoms with Crippen molar-refractivity contribution in [1.29, 1.82) is 0 Å². The third-order valence-corrected chi connectivity index (χ3v) is 9.12. The largest absolute Gasteiger partial charge is 0.487 e. The fourth-order valence-electron chi connectivity index (χ4n) is 5.88. The molecule has 0 saturated carbocycles. The van der Waals surface area contributed by atoms with Gasteiger partial charge in [0.1, 0.15) is 23.1 Å². The summed E-state index contributed by atoms with van der Waals surface area (Å²) in [6.07, 6.45) is 1.86. The monoisotopic (exact) mass is 557 g/mol. The molecule has 0 spiro atoms. The van der Waals surface area contributed by atoms with Gasteiger partial charge in [-0.05, 0) is 48.4 Å². The minimum absolute atomic E-state index is 0.111. The van der Waals surface area contributed by atoms with Crippen LogP contribution in [0.25, 0.3) is 44.3 Å². The number of aromatic nitrogens is 4. The van der Waals surface area contributed by atoms with Crippen LogP contribution in [0, 0.1) is 0 Å². The molecule has 0 aliphatic carbocycles. The van der Waals surface area contributed by atoms with E-state index in [4.69, 9.17) is 9.72 Å². The molecule has 2 aliphatic heterocycles. The Morgan fingerprint density at radius 1 is 1.02 bits per heavy atom. The lowest BCUT2D eigenvalue weighted by molar-refractivity contribution is 0.195. The van der Waals surface area contributed by atoms with E-state index in [1.54, 1.807) is 47.1 Å². The molecule has 0 amide bonds. The minimum atomic E-state index is -3.33. The van der Waals surface area contributed by atoms with Gasteiger partial charge in [-0.1, -0.05) is 24.3 Å². The van der Waals surface area contributed by atoms with Crippen LogP contribution in [0.1, 0.15) is 13.3 Å². The van der Waals surface area contributed by atoms with E-state index < -0.39 is 15.4 Å². The Hall–Kier alpha value is -4.22. The molecule has 4 heterocycles. The number of benzene rings is 3. The van der Waals surface area contributed by atoms with E-state index in [1.165, 1.54) is 6.26 Å². The summed E-state index contributed by atoms with van der Waals surface area (Å²) in [6, 6.07) is 15.9. The van der Waals surface area contributed by atoms with Gasteiger partial charge in [0.25, 0.3) is 11.1 Å². The highest BCUT2D eigenvalue weighted by Crippen LogP contribution is 2.35. The molecule has 2 unspecified atom stereocenters. The number of ether oxygens (including phenoxy) is 1. The number of H-pyrrole nitrogens is 2.